The maximum atomic E-state index is 14.2. The summed E-state index contributed by atoms with van der Waals surface area (Å²) in [5.41, 5.74) is -1.12. The van der Waals surface area contributed by atoms with Gasteiger partial charge in [0.15, 0.2) is 6.61 Å². The van der Waals surface area contributed by atoms with E-state index in [1.165, 1.54) is 24.3 Å². The van der Waals surface area contributed by atoms with Crippen LogP contribution in [0.4, 0.5) is 18.9 Å². The van der Waals surface area contributed by atoms with Crippen LogP contribution in [0.2, 0.25) is 0 Å². The van der Waals surface area contributed by atoms with Crippen LogP contribution in [-0.4, -0.2) is 19.1 Å². The van der Waals surface area contributed by atoms with Gasteiger partial charge in [-0.15, -0.1) is 0 Å². The summed E-state index contributed by atoms with van der Waals surface area (Å²) in [5, 5.41) is 3.81. The number of anilines is 1. The van der Waals surface area contributed by atoms with Gasteiger partial charge in [-0.25, -0.2) is 0 Å². The van der Waals surface area contributed by atoms with Crippen molar-refractivity contribution >= 4 is 33.3 Å². The van der Waals surface area contributed by atoms with Crippen molar-refractivity contribution in [3.05, 3.63) is 101 Å². The molecule has 0 radical (unpaired) electrons. The number of rotatable bonds is 7. The van der Waals surface area contributed by atoms with Crippen molar-refractivity contribution < 1.29 is 31.9 Å². The molecule has 0 aliphatic carbocycles. The van der Waals surface area contributed by atoms with Gasteiger partial charge in [0.2, 0.25) is 11.2 Å². The summed E-state index contributed by atoms with van der Waals surface area (Å²) in [7, 11) is 0. The van der Waals surface area contributed by atoms with E-state index in [0.717, 1.165) is 0 Å². The fourth-order valence-corrected chi connectivity index (χ4v) is 4.34. The van der Waals surface area contributed by atoms with Crippen molar-refractivity contribution in [2.75, 3.05) is 18.5 Å². The normalized spacial score (nSPS) is 11.5. The largest absolute Gasteiger partial charge is 0.492 e. The van der Waals surface area contributed by atoms with Crippen LogP contribution in [0.25, 0.3) is 32.9 Å². The van der Waals surface area contributed by atoms with Crippen molar-refractivity contribution in [2.24, 2.45) is 0 Å². The minimum absolute atomic E-state index is 0.0478. The Kier molecular flexibility index (Phi) is 6.98. The molecule has 0 saturated heterocycles. The van der Waals surface area contributed by atoms with Crippen LogP contribution in [0.5, 0.6) is 11.5 Å². The van der Waals surface area contributed by atoms with E-state index in [4.69, 9.17) is 13.9 Å². The second kappa shape index (κ2) is 10.5. The second-order valence-electron chi connectivity index (χ2n) is 8.58. The molecule has 6 nitrogen and oxygen atoms in total. The molecule has 0 aliphatic heterocycles. The van der Waals surface area contributed by atoms with Gasteiger partial charge in [-0.05, 0) is 47.5 Å². The van der Waals surface area contributed by atoms with E-state index in [1.54, 1.807) is 60.7 Å². The number of hydrogen-bond donors (Lipinski definition) is 1. The van der Waals surface area contributed by atoms with Gasteiger partial charge in [0.1, 0.15) is 17.1 Å². The standard InChI is InChI=1S/C30H22F3NO5/c1-2-37-24-13-6-5-12-23(24)34-26(35)17-38-19-14-15-22-25(16-19)39-29(30(31,32)33)27(28(22)36)21-11-7-9-18-8-3-4-10-20(18)21/h3-16H,2,17H2,1H3,(H,34,35). The number of carbonyl (C=O) groups excluding carboxylic acids is 1. The molecule has 0 fully saturated rings. The van der Waals surface area contributed by atoms with E-state index in [0.29, 0.717) is 28.8 Å². The Morgan fingerprint density at radius 2 is 1.64 bits per heavy atom. The van der Waals surface area contributed by atoms with Crippen LogP contribution < -0.4 is 20.2 Å². The van der Waals surface area contributed by atoms with Crippen molar-refractivity contribution in [1.29, 1.82) is 0 Å². The minimum Gasteiger partial charge on any atom is -0.492 e. The van der Waals surface area contributed by atoms with Crippen molar-refractivity contribution in [2.45, 2.75) is 13.1 Å². The summed E-state index contributed by atoms with van der Waals surface area (Å²) in [5.74, 6) is -1.36. The van der Waals surface area contributed by atoms with Crippen molar-refractivity contribution in [3.8, 4) is 22.6 Å². The molecule has 5 rings (SSSR count). The zero-order chi connectivity index (χ0) is 27.6. The van der Waals surface area contributed by atoms with Gasteiger partial charge in [-0.3, -0.25) is 9.59 Å². The highest BCUT2D eigenvalue weighted by molar-refractivity contribution is 5.99. The van der Waals surface area contributed by atoms with Gasteiger partial charge < -0.3 is 19.2 Å². The number of ether oxygens (including phenoxy) is 2. The van der Waals surface area contributed by atoms with Crippen LogP contribution in [0.15, 0.2) is 94.1 Å². The molecule has 0 unspecified atom stereocenters. The number of para-hydroxylation sites is 2. The molecular weight excluding hydrogens is 511 g/mol. The number of halogens is 3. The predicted molar refractivity (Wildman–Crippen MR) is 142 cm³/mol. The van der Waals surface area contributed by atoms with Gasteiger partial charge in [0.25, 0.3) is 5.91 Å². The lowest BCUT2D eigenvalue weighted by molar-refractivity contribution is -0.152. The molecule has 198 valence electrons. The number of alkyl halides is 3. The third-order valence-corrected chi connectivity index (χ3v) is 6.01. The number of amides is 1. The molecule has 1 N–H and O–H groups in total. The summed E-state index contributed by atoms with van der Waals surface area (Å²) in [6.07, 6.45) is -4.94. The fraction of sp³-hybridized carbons (Fsp3) is 0.133. The van der Waals surface area contributed by atoms with Crippen molar-refractivity contribution in [3.63, 3.8) is 0 Å². The quantitative estimate of drug-likeness (QED) is 0.243. The van der Waals surface area contributed by atoms with Gasteiger partial charge in [0.05, 0.1) is 23.2 Å². The topological polar surface area (TPSA) is 77.8 Å². The Bertz CT molecular complexity index is 1740. The number of fused-ring (bicyclic) bond motifs is 2. The molecule has 1 amide bonds. The molecular formula is C30H22F3NO5. The van der Waals surface area contributed by atoms with Crippen LogP contribution in [0, 0.1) is 0 Å². The van der Waals surface area contributed by atoms with Gasteiger partial charge in [-0.1, -0.05) is 54.6 Å². The smallest absolute Gasteiger partial charge is 0.450 e. The van der Waals surface area contributed by atoms with Crippen LogP contribution in [-0.2, 0) is 11.0 Å². The summed E-state index contributed by atoms with van der Waals surface area (Å²) >= 11 is 0. The number of carbonyl (C=O) groups is 1. The summed E-state index contributed by atoms with van der Waals surface area (Å²) in [4.78, 5) is 25.9. The zero-order valence-corrected chi connectivity index (χ0v) is 20.7. The molecule has 1 heterocycles. The molecule has 0 spiro atoms. The van der Waals surface area contributed by atoms with E-state index in [2.05, 4.69) is 5.32 Å². The first kappa shape index (κ1) is 25.8. The van der Waals surface area contributed by atoms with Crippen molar-refractivity contribution in [1.82, 2.24) is 0 Å². The molecule has 0 bridgehead atoms. The first-order chi connectivity index (χ1) is 18.8. The van der Waals surface area contributed by atoms with Gasteiger partial charge in [0, 0.05) is 6.07 Å². The molecule has 39 heavy (non-hydrogen) atoms. The first-order valence-corrected chi connectivity index (χ1v) is 12.1. The molecule has 5 aromatic rings. The predicted octanol–water partition coefficient (Wildman–Crippen LogP) is 7.05. The lowest BCUT2D eigenvalue weighted by atomic mass is 9.96. The zero-order valence-electron chi connectivity index (χ0n) is 20.7. The SMILES string of the molecule is CCOc1ccccc1NC(=O)COc1ccc2c(=O)c(-c3cccc4ccccc34)c(C(F)(F)F)oc2c1. The van der Waals surface area contributed by atoms with E-state index < -0.39 is 35.4 Å². The Balaban J connectivity index is 1.48. The highest BCUT2D eigenvalue weighted by Crippen LogP contribution is 2.39. The summed E-state index contributed by atoms with van der Waals surface area (Å²) in [6.45, 7) is 1.79. The Labute approximate surface area is 220 Å². The second-order valence-corrected chi connectivity index (χ2v) is 8.58. The summed E-state index contributed by atoms with van der Waals surface area (Å²) < 4.78 is 58.8. The van der Waals surface area contributed by atoms with E-state index in [-0.39, 0.29) is 22.3 Å². The third kappa shape index (κ3) is 5.29. The first-order valence-electron chi connectivity index (χ1n) is 12.1. The molecule has 4 aromatic carbocycles. The highest BCUT2D eigenvalue weighted by atomic mass is 19.4. The van der Waals surface area contributed by atoms with Crippen LogP contribution in [0.3, 0.4) is 0 Å². The molecule has 0 atom stereocenters. The number of nitrogens with one attached hydrogen (secondary N) is 1. The average Bonchev–Trinajstić information content (AvgIpc) is 2.92. The van der Waals surface area contributed by atoms with E-state index in [1.807, 2.05) is 6.92 Å². The average molecular weight is 534 g/mol. The molecule has 0 aliphatic rings. The molecule has 0 saturated carbocycles. The lowest BCUT2D eigenvalue weighted by Gasteiger charge is -2.15. The summed E-state index contributed by atoms with van der Waals surface area (Å²) in [6, 6.07) is 22.4. The Hall–Kier alpha value is -4.79. The third-order valence-electron chi connectivity index (χ3n) is 6.01. The van der Waals surface area contributed by atoms with E-state index in [9.17, 15) is 22.8 Å². The fourth-order valence-electron chi connectivity index (χ4n) is 4.34. The van der Waals surface area contributed by atoms with Gasteiger partial charge in [-0.2, -0.15) is 13.2 Å². The number of hydrogen-bond acceptors (Lipinski definition) is 5. The molecule has 1 aromatic heterocycles. The monoisotopic (exact) mass is 533 g/mol. The highest BCUT2D eigenvalue weighted by Gasteiger charge is 2.39. The lowest BCUT2D eigenvalue weighted by Crippen LogP contribution is -2.20. The van der Waals surface area contributed by atoms with E-state index >= 15 is 0 Å². The Morgan fingerprint density at radius 3 is 2.44 bits per heavy atom. The van der Waals surface area contributed by atoms with Crippen LogP contribution >= 0.6 is 0 Å². The Morgan fingerprint density at radius 1 is 0.897 bits per heavy atom. The molecule has 9 heteroatoms. The van der Waals surface area contributed by atoms with Crippen LogP contribution in [0.1, 0.15) is 12.7 Å². The van der Waals surface area contributed by atoms with Gasteiger partial charge >= 0.3 is 6.18 Å². The maximum Gasteiger partial charge on any atom is 0.450 e. The minimum atomic E-state index is -4.94. The maximum absolute atomic E-state index is 14.2. The number of benzene rings is 4.